The summed E-state index contributed by atoms with van der Waals surface area (Å²) in [5.74, 6) is 1.82. The smallest absolute Gasteiger partial charge is 0.265 e. The van der Waals surface area contributed by atoms with E-state index < -0.39 is 0 Å². The first-order valence-corrected chi connectivity index (χ1v) is 8.02. The average molecular weight is 344 g/mol. The van der Waals surface area contributed by atoms with Gasteiger partial charge < -0.3 is 14.8 Å². The highest BCUT2D eigenvalue weighted by Gasteiger charge is 2.23. The van der Waals surface area contributed by atoms with Gasteiger partial charge in [0.1, 0.15) is 29.6 Å². The maximum absolute atomic E-state index is 12.3. The van der Waals surface area contributed by atoms with Gasteiger partial charge in [0.25, 0.3) is 5.91 Å². The van der Waals surface area contributed by atoms with Gasteiger partial charge in [-0.15, -0.1) is 11.3 Å². The maximum Gasteiger partial charge on any atom is 0.265 e. The molecule has 0 spiro atoms. The Hall–Kier alpha value is -3.01. The normalized spacial score (nSPS) is 12.8. The molecule has 24 heavy (non-hydrogen) atoms. The topological polar surface area (TPSA) is 115 Å². The molecule has 4 heterocycles. The lowest BCUT2D eigenvalue weighted by Crippen LogP contribution is -2.24. The molecule has 0 saturated carbocycles. The number of hydrogen-bond acceptors (Lipinski definition) is 8. The Morgan fingerprint density at radius 3 is 3.12 bits per heavy atom. The van der Waals surface area contributed by atoms with Gasteiger partial charge in [-0.2, -0.15) is 5.10 Å². The number of rotatable bonds is 4. The maximum atomic E-state index is 12.3. The van der Waals surface area contributed by atoms with E-state index in [0.29, 0.717) is 46.9 Å². The van der Waals surface area contributed by atoms with Crippen LogP contribution < -0.4 is 14.8 Å². The van der Waals surface area contributed by atoms with Gasteiger partial charge in [-0.1, -0.05) is 0 Å². The SMILES string of the molecule is O=C(NCc1nc(-c2cnccn2)n[nH]1)c1scc2c1OCCO2. The molecule has 9 nitrogen and oxygen atoms in total. The van der Waals surface area contributed by atoms with Crippen LogP contribution in [0.4, 0.5) is 0 Å². The van der Waals surface area contributed by atoms with Crippen molar-refractivity contribution in [3.05, 3.63) is 34.7 Å². The second kappa shape index (κ2) is 6.24. The Balaban J connectivity index is 1.43. The minimum Gasteiger partial charge on any atom is -0.485 e. The second-order valence-electron chi connectivity index (χ2n) is 4.83. The molecule has 2 N–H and O–H groups in total. The minimum absolute atomic E-state index is 0.208. The van der Waals surface area contributed by atoms with Crippen LogP contribution in [-0.2, 0) is 6.54 Å². The van der Waals surface area contributed by atoms with E-state index in [9.17, 15) is 4.79 Å². The van der Waals surface area contributed by atoms with E-state index in [1.165, 1.54) is 11.3 Å². The summed E-state index contributed by atoms with van der Waals surface area (Å²) in [7, 11) is 0. The van der Waals surface area contributed by atoms with E-state index >= 15 is 0 Å². The molecular weight excluding hydrogens is 332 g/mol. The number of carbonyl (C=O) groups excluding carboxylic acids is 1. The molecule has 4 rings (SSSR count). The van der Waals surface area contributed by atoms with Crippen molar-refractivity contribution < 1.29 is 14.3 Å². The molecule has 3 aromatic rings. The lowest BCUT2D eigenvalue weighted by molar-refractivity contribution is 0.0945. The summed E-state index contributed by atoms with van der Waals surface area (Å²) in [6, 6.07) is 0. The van der Waals surface area contributed by atoms with Gasteiger partial charge in [-0.05, 0) is 0 Å². The Morgan fingerprint density at radius 1 is 1.33 bits per heavy atom. The second-order valence-corrected chi connectivity index (χ2v) is 5.71. The summed E-state index contributed by atoms with van der Waals surface area (Å²) in [6.45, 7) is 1.14. The number of ether oxygens (including phenoxy) is 2. The van der Waals surface area contributed by atoms with Crippen molar-refractivity contribution in [2.45, 2.75) is 6.54 Å². The largest absolute Gasteiger partial charge is 0.485 e. The molecule has 0 aliphatic carbocycles. The van der Waals surface area contributed by atoms with E-state index in [1.54, 1.807) is 24.0 Å². The summed E-state index contributed by atoms with van der Waals surface area (Å²) in [5.41, 5.74) is 0.559. The molecule has 1 aliphatic heterocycles. The first-order valence-electron chi connectivity index (χ1n) is 7.14. The summed E-state index contributed by atoms with van der Waals surface area (Å²) < 4.78 is 10.9. The molecule has 122 valence electrons. The van der Waals surface area contributed by atoms with Crippen LogP contribution in [0.2, 0.25) is 0 Å². The van der Waals surface area contributed by atoms with Crippen LogP contribution in [0, 0.1) is 0 Å². The van der Waals surface area contributed by atoms with E-state index in [4.69, 9.17) is 9.47 Å². The number of nitrogens with zero attached hydrogens (tertiary/aromatic N) is 4. The third-order valence-corrected chi connectivity index (χ3v) is 4.19. The van der Waals surface area contributed by atoms with Crippen LogP contribution in [-0.4, -0.2) is 44.3 Å². The fraction of sp³-hybridized carbons (Fsp3) is 0.214. The van der Waals surface area contributed by atoms with E-state index in [-0.39, 0.29) is 12.5 Å². The van der Waals surface area contributed by atoms with Crippen molar-refractivity contribution in [3.63, 3.8) is 0 Å². The number of hydrogen-bond donors (Lipinski definition) is 2. The molecule has 1 amide bonds. The van der Waals surface area contributed by atoms with Gasteiger partial charge in [-0.25, -0.2) is 9.97 Å². The van der Waals surface area contributed by atoms with Crippen molar-refractivity contribution in [2.24, 2.45) is 0 Å². The Kier molecular flexibility index (Phi) is 3.79. The summed E-state index contributed by atoms with van der Waals surface area (Å²) in [6.07, 6.45) is 4.71. The number of fused-ring (bicyclic) bond motifs is 1. The Bertz CT molecular complexity index is 863. The van der Waals surface area contributed by atoms with Crippen LogP contribution in [0.3, 0.4) is 0 Å². The molecule has 0 radical (unpaired) electrons. The van der Waals surface area contributed by atoms with Gasteiger partial charge in [0, 0.05) is 17.8 Å². The standard InChI is InChI=1S/C14H12N6O3S/c21-14(12-11-9(7-24-12)22-3-4-23-11)17-6-10-18-13(20-19-10)8-5-15-1-2-16-8/h1-2,5,7H,3-4,6H2,(H,17,21)(H,18,19,20). The monoisotopic (exact) mass is 344 g/mol. The molecule has 0 saturated heterocycles. The quantitative estimate of drug-likeness (QED) is 0.726. The van der Waals surface area contributed by atoms with Crippen molar-refractivity contribution in [1.29, 1.82) is 0 Å². The fourth-order valence-corrected chi connectivity index (χ4v) is 3.01. The zero-order valence-electron chi connectivity index (χ0n) is 12.4. The van der Waals surface area contributed by atoms with Crippen molar-refractivity contribution in [1.82, 2.24) is 30.5 Å². The molecule has 10 heteroatoms. The van der Waals surface area contributed by atoms with Crippen LogP contribution in [0.1, 0.15) is 15.5 Å². The van der Waals surface area contributed by atoms with E-state index in [2.05, 4.69) is 30.5 Å². The lowest BCUT2D eigenvalue weighted by Gasteiger charge is -2.15. The number of nitrogens with one attached hydrogen (secondary N) is 2. The predicted octanol–water partition coefficient (Wildman–Crippen LogP) is 1.02. The first kappa shape index (κ1) is 14.6. The molecule has 0 atom stereocenters. The highest BCUT2D eigenvalue weighted by Crippen LogP contribution is 2.39. The van der Waals surface area contributed by atoms with Crippen LogP contribution >= 0.6 is 11.3 Å². The number of aromatic nitrogens is 5. The third kappa shape index (κ3) is 2.78. The van der Waals surface area contributed by atoms with Crippen molar-refractivity contribution in [3.8, 4) is 23.0 Å². The Morgan fingerprint density at radius 2 is 2.25 bits per heavy atom. The van der Waals surface area contributed by atoms with Crippen molar-refractivity contribution in [2.75, 3.05) is 13.2 Å². The fourth-order valence-electron chi connectivity index (χ4n) is 2.17. The summed E-state index contributed by atoms with van der Waals surface area (Å²) in [5, 5.41) is 11.4. The van der Waals surface area contributed by atoms with Gasteiger partial charge in [0.2, 0.25) is 5.82 Å². The number of H-pyrrole nitrogens is 1. The average Bonchev–Trinajstić information content (AvgIpc) is 3.27. The number of amides is 1. The molecular formula is C14H12N6O3S. The third-order valence-electron chi connectivity index (χ3n) is 3.25. The van der Waals surface area contributed by atoms with Gasteiger partial charge in [0.05, 0.1) is 12.7 Å². The molecule has 3 aromatic heterocycles. The molecule has 1 aliphatic rings. The number of thiophene rings is 1. The number of aromatic amines is 1. The zero-order chi connectivity index (χ0) is 16.4. The highest BCUT2D eigenvalue weighted by molar-refractivity contribution is 7.12. The van der Waals surface area contributed by atoms with Gasteiger partial charge >= 0.3 is 0 Å². The lowest BCUT2D eigenvalue weighted by atomic mass is 10.3. The Labute approximate surface area is 140 Å². The molecule has 0 bridgehead atoms. The predicted molar refractivity (Wildman–Crippen MR) is 83.9 cm³/mol. The van der Waals surface area contributed by atoms with E-state index in [0.717, 1.165) is 0 Å². The van der Waals surface area contributed by atoms with Crippen molar-refractivity contribution >= 4 is 17.2 Å². The summed E-state index contributed by atoms with van der Waals surface area (Å²) >= 11 is 1.28. The van der Waals surface area contributed by atoms with Crippen LogP contribution in [0.5, 0.6) is 11.5 Å². The molecule has 0 aromatic carbocycles. The van der Waals surface area contributed by atoms with Crippen LogP contribution in [0.15, 0.2) is 24.0 Å². The molecule has 0 unspecified atom stereocenters. The minimum atomic E-state index is -0.246. The number of carbonyl (C=O) groups is 1. The summed E-state index contributed by atoms with van der Waals surface area (Å²) in [4.78, 5) is 25.2. The van der Waals surface area contributed by atoms with Gasteiger partial charge in [-0.3, -0.25) is 14.9 Å². The van der Waals surface area contributed by atoms with Crippen LogP contribution in [0.25, 0.3) is 11.5 Å². The van der Waals surface area contributed by atoms with Gasteiger partial charge in [0.15, 0.2) is 11.5 Å². The van der Waals surface area contributed by atoms with E-state index in [1.807, 2.05) is 0 Å². The molecule has 0 fully saturated rings. The zero-order valence-corrected chi connectivity index (χ0v) is 13.2. The first-order chi connectivity index (χ1) is 11.8. The highest BCUT2D eigenvalue weighted by atomic mass is 32.1.